The summed E-state index contributed by atoms with van der Waals surface area (Å²) in [6.45, 7) is 5.14. The van der Waals surface area contributed by atoms with Crippen molar-refractivity contribution in [1.82, 2.24) is 20.5 Å². The van der Waals surface area contributed by atoms with Gasteiger partial charge in [0.05, 0.1) is 31.6 Å². The molecule has 0 bridgehead atoms. The van der Waals surface area contributed by atoms with Crippen LogP contribution in [0.15, 0.2) is 53.8 Å². The van der Waals surface area contributed by atoms with Crippen molar-refractivity contribution in [1.29, 1.82) is 0 Å². The van der Waals surface area contributed by atoms with Gasteiger partial charge < -0.3 is 20.7 Å². The molecule has 1 saturated heterocycles. The maximum Gasteiger partial charge on any atom is 0.243 e. The van der Waals surface area contributed by atoms with Crippen LogP contribution in [-0.4, -0.2) is 61.6 Å². The number of amides is 1. The van der Waals surface area contributed by atoms with E-state index >= 15 is 0 Å². The van der Waals surface area contributed by atoms with Crippen molar-refractivity contribution in [3.63, 3.8) is 0 Å². The van der Waals surface area contributed by atoms with E-state index in [-0.39, 0.29) is 36.4 Å². The second-order valence-electron chi connectivity index (χ2n) is 6.73. The van der Waals surface area contributed by atoms with Gasteiger partial charge in [0.25, 0.3) is 0 Å². The van der Waals surface area contributed by atoms with Crippen LogP contribution in [-0.2, 0) is 22.6 Å². The summed E-state index contributed by atoms with van der Waals surface area (Å²) < 4.78 is 5.43. The first kappa shape index (κ1) is 24.0. The van der Waals surface area contributed by atoms with Crippen LogP contribution >= 0.6 is 24.0 Å². The maximum atomic E-state index is 12.1. The number of ether oxygens (including phenoxy) is 1. The van der Waals surface area contributed by atoms with Crippen molar-refractivity contribution in [2.45, 2.75) is 13.1 Å². The third kappa shape index (κ3) is 7.88. The molecule has 0 aliphatic carbocycles. The summed E-state index contributed by atoms with van der Waals surface area (Å²) in [6.07, 6.45) is 3.27. The van der Waals surface area contributed by atoms with Crippen molar-refractivity contribution >= 4 is 41.5 Å². The number of anilines is 1. The van der Waals surface area contributed by atoms with Crippen LogP contribution in [0.1, 0.15) is 11.1 Å². The smallest absolute Gasteiger partial charge is 0.243 e. The van der Waals surface area contributed by atoms with Crippen LogP contribution in [0, 0.1) is 0 Å². The molecule has 1 fully saturated rings. The second kappa shape index (κ2) is 13.1. The Morgan fingerprint density at radius 2 is 1.90 bits per heavy atom. The molecule has 8 nitrogen and oxygen atoms in total. The number of benzene rings is 1. The molecular weight excluding hydrogens is 495 g/mol. The number of nitrogens with zero attached hydrogens (tertiary/aromatic N) is 3. The molecule has 9 heteroatoms. The summed E-state index contributed by atoms with van der Waals surface area (Å²) in [5.41, 5.74) is 3.16. The number of hydrogen-bond donors (Lipinski definition) is 3. The largest absolute Gasteiger partial charge is 0.379 e. The van der Waals surface area contributed by atoms with E-state index < -0.39 is 0 Å². The van der Waals surface area contributed by atoms with E-state index in [1.165, 1.54) is 11.1 Å². The van der Waals surface area contributed by atoms with Gasteiger partial charge in [0, 0.05) is 39.4 Å². The van der Waals surface area contributed by atoms with Crippen LogP contribution in [0.25, 0.3) is 0 Å². The third-order valence-electron chi connectivity index (χ3n) is 4.65. The van der Waals surface area contributed by atoms with Crippen LogP contribution in [0.5, 0.6) is 0 Å². The van der Waals surface area contributed by atoms with Gasteiger partial charge in [-0.05, 0) is 23.3 Å². The van der Waals surface area contributed by atoms with E-state index in [0.29, 0.717) is 18.2 Å². The normalized spacial score (nSPS) is 14.5. The first-order valence-electron chi connectivity index (χ1n) is 9.76. The highest BCUT2D eigenvalue weighted by Crippen LogP contribution is 2.13. The third-order valence-corrected chi connectivity index (χ3v) is 4.65. The average Bonchev–Trinajstić information content (AvgIpc) is 2.76. The molecule has 30 heavy (non-hydrogen) atoms. The maximum absolute atomic E-state index is 12.1. The van der Waals surface area contributed by atoms with Gasteiger partial charge in [0.15, 0.2) is 5.96 Å². The molecule has 0 spiro atoms. The van der Waals surface area contributed by atoms with Crippen LogP contribution in [0.2, 0.25) is 0 Å². The summed E-state index contributed by atoms with van der Waals surface area (Å²) in [5, 5.41) is 9.11. The fourth-order valence-electron chi connectivity index (χ4n) is 3.09. The predicted octanol–water partition coefficient (Wildman–Crippen LogP) is 1.84. The SMILES string of the molecule is CN=C(NCC(=O)Nc1cccnc1)NCc1ccccc1CN1CCOCC1.I. The highest BCUT2D eigenvalue weighted by Gasteiger charge is 2.13. The minimum Gasteiger partial charge on any atom is -0.379 e. The van der Waals surface area contributed by atoms with E-state index in [2.05, 4.69) is 49.0 Å². The quantitative estimate of drug-likeness (QED) is 0.291. The molecule has 1 aliphatic heterocycles. The highest BCUT2D eigenvalue weighted by molar-refractivity contribution is 14.0. The number of aromatic nitrogens is 1. The van der Waals surface area contributed by atoms with Crippen molar-refractivity contribution < 1.29 is 9.53 Å². The molecule has 0 saturated carbocycles. The number of guanidine groups is 1. The number of hydrogen-bond acceptors (Lipinski definition) is 5. The number of carbonyl (C=O) groups excluding carboxylic acids is 1. The fourth-order valence-corrected chi connectivity index (χ4v) is 3.09. The van der Waals surface area contributed by atoms with E-state index in [1.807, 2.05) is 6.07 Å². The van der Waals surface area contributed by atoms with Crippen LogP contribution < -0.4 is 16.0 Å². The number of pyridine rings is 1. The molecule has 1 aliphatic rings. The molecular formula is C21H29IN6O2. The molecule has 0 atom stereocenters. The van der Waals surface area contributed by atoms with Gasteiger partial charge in [-0.2, -0.15) is 0 Å². The van der Waals surface area contributed by atoms with Gasteiger partial charge >= 0.3 is 0 Å². The molecule has 2 aromatic rings. The fraction of sp³-hybridized carbons (Fsp3) is 0.381. The molecule has 0 radical (unpaired) electrons. The predicted molar refractivity (Wildman–Crippen MR) is 129 cm³/mol. The number of carbonyl (C=O) groups is 1. The van der Waals surface area contributed by atoms with Gasteiger partial charge in [-0.25, -0.2) is 0 Å². The summed E-state index contributed by atoms with van der Waals surface area (Å²) in [7, 11) is 1.69. The minimum atomic E-state index is -0.159. The molecule has 2 heterocycles. The summed E-state index contributed by atoms with van der Waals surface area (Å²) >= 11 is 0. The Morgan fingerprint density at radius 3 is 2.60 bits per heavy atom. The molecule has 3 rings (SSSR count). The Bertz CT molecular complexity index is 812. The van der Waals surface area contributed by atoms with E-state index in [4.69, 9.17) is 4.74 Å². The van der Waals surface area contributed by atoms with E-state index in [0.717, 1.165) is 32.8 Å². The lowest BCUT2D eigenvalue weighted by molar-refractivity contribution is -0.115. The number of halogens is 1. The zero-order valence-corrected chi connectivity index (χ0v) is 19.5. The lowest BCUT2D eigenvalue weighted by atomic mass is 10.1. The van der Waals surface area contributed by atoms with Gasteiger partial charge in [-0.3, -0.25) is 19.7 Å². The van der Waals surface area contributed by atoms with Crippen molar-refractivity contribution in [3.8, 4) is 0 Å². The molecule has 1 aromatic heterocycles. The zero-order chi connectivity index (χ0) is 20.3. The first-order chi connectivity index (χ1) is 14.2. The molecule has 1 amide bonds. The average molecular weight is 524 g/mol. The standard InChI is InChI=1S/C21H28N6O2.HI/c1-22-21(25-15-20(28)26-19-7-4-8-23-14-19)24-13-17-5-2-3-6-18(17)16-27-9-11-29-12-10-27;/h2-8,14H,9-13,15-16H2,1H3,(H,26,28)(H2,22,24,25);1H. The lowest BCUT2D eigenvalue weighted by Crippen LogP contribution is -2.41. The number of nitrogens with one attached hydrogen (secondary N) is 3. The molecule has 162 valence electrons. The number of morpholine rings is 1. The van der Waals surface area contributed by atoms with Crippen molar-refractivity contribution in [3.05, 3.63) is 59.9 Å². The summed E-state index contributed by atoms with van der Waals surface area (Å²) in [6, 6.07) is 11.9. The second-order valence-corrected chi connectivity index (χ2v) is 6.73. The summed E-state index contributed by atoms with van der Waals surface area (Å²) in [4.78, 5) is 22.7. The lowest BCUT2D eigenvalue weighted by Gasteiger charge is -2.27. The van der Waals surface area contributed by atoms with E-state index in [9.17, 15) is 4.79 Å². The van der Waals surface area contributed by atoms with Gasteiger partial charge in [-0.15, -0.1) is 24.0 Å². The Hall–Kier alpha value is -2.24. The van der Waals surface area contributed by atoms with Crippen LogP contribution in [0.4, 0.5) is 5.69 Å². The minimum absolute atomic E-state index is 0. The zero-order valence-electron chi connectivity index (χ0n) is 17.1. The monoisotopic (exact) mass is 524 g/mol. The highest BCUT2D eigenvalue weighted by atomic mass is 127. The number of aliphatic imine (C=N–C) groups is 1. The topological polar surface area (TPSA) is 90.9 Å². The van der Waals surface area contributed by atoms with Gasteiger partial charge in [0.2, 0.25) is 5.91 Å². The Morgan fingerprint density at radius 1 is 1.13 bits per heavy atom. The van der Waals surface area contributed by atoms with Gasteiger partial charge in [0.1, 0.15) is 0 Å². The molecule has 0 unspecified atom stereocenters. The van der Waals surface area contributed by atoms with Crippen molar-refractivity contribution in [2.75, 3.05) is 45.2 Å². The Kier molecular flexibility index (Phi) is 10.5. The van der Waals surface area contributed by atoms with Crippen molar-refractivity contribution in [2.24, 2.45) is 4.99 Å². The molecule has 1 aromatic carbocycles. The van der Waals surface area contributed by atoms with E-state index in [1.54, 1.807) is 31.6 Å². The Labute approximate surface area is 194 Å². The first-order valence-corrected chi connectivity index (χ1v) is 9.76. The Balaban J connectivity index is 0.00000320. The summed E-state index contributed by atoms with van der Waals surface area (Å²) in [5.74, 6) is 0.418. The van der Waals surface area contributed by atoms with Crippen LogP contribution in [0.3, 0.4) is 0 Å². The molecule has 3 N–H and O–H groups in total. The number of rotatable bonds is 7. The van der Waals surface area contributed by atoms with Gasteiger partial charge in [-0.1, -0.05) is 24.3 Å².